The van der Waals surface area contributed by atoms with Crippen LogP contribution in [0.4, 0.5) is 0 Å². The molecule has 0 atom stereocenters. The predicted octanol–water partition coefficient (Wildman–Crippen LogP) is 9.46. The second-order valence-electron chi connectivity index (χ2n) is 8.77. The summed E-state index contributed by atoms with van der Waals surface area (Å²) < 4.78 is 0. The summed E-state index contributed by atoms with van der Waals surface area (Å²) in [5.41, 5.74) is 4.99. The molecule has 1 heterocycles. The Hall–Kier alpha value is -0.560. The molecule has 0 bridgehead atoms. The molecular formula is C26H46ClN. The van der Waals surface area contributed by atoms with E-state index in [1.807, 2.05) is 6.92 Å². The van der Waals surface area contributed by atoms with Gasteiger partial charge in [0.05, 0.1) is 0 Å². The van der Waals surface area contributed by atoms with Gasteiger partial charge in [-0.2, -0.15) is 0 Å². The summed E-state index contributed by atoms with van der Waals surface area (Å²) in [6, 6.07) is 0. The monoisotopic (exact) mass is 407 g/mol. The summed E-state index contributed by atoms with van der Waals surface area (Å²) in [6.45, 7) is 8.69. The van der Waals surface area contributed by atoms with Crippen molar-refractivity contribution in [2.45, 2.75) is 137 Å². The maximum Gasteiger partial charge on any atom is 0.132 e. The minimum absolute atomic E-state index is 0.724. The lowest BCUT2D eigenvalue weighted by Gasteiger charge is -2.12. The zero-order chi connectivity index (χ0) is 20.6. The quantitative estimate of drug-likeness (QED) is 0.185. The molecule has 0 radical (unpaired) electrons. The summed E-state index contributed by atoms with van der Waals surface area (Å²) in [5, 5.41) is 0.724. The Morgan fingerprint density at radius 1 is 0.571 bits per heavy atom. The first kappa shape index (κ1) is 25.5. The third kappa shape index (κ3) is 10.8. The Morgan fingerprint density at radius 2 is 0.964 bits per heavy atom. The molecule has 0 saturated heterocycles. The molecule has 0 saturated carbocycles. The fraction of sp³-hybridized carbons (Fsp3) is 0.808. The highest BCUT2D eigenvalue weighted by Crippen LogP contribution is 2.25. The Balaban J connectivity index is 1.92. The average molecular weight is 408 g/mol. The molecule has 2 heteroatoms. The van der Waals surface area contributed by atoms with Gasteiger partial charge in [-0.05, 0) is 50.3 Å². The van der Waals surface area contributed by atoms with E-state index in [1.165, 1.54) is 119 Å². The Morgan fingerprint density at radius 3 is 1.39 bits per heavy atom. The lowest BCUT2D eigenvalue weighted by molar-refractivity contribution is 0.529. The van der Waals surface area contributed by atoms with Crippen LogP contribution < -0.4 is 0 Å². The van der Waals surface area contributed by atoms with Gasteiger partial charge in [0, 0.05) is 5.69 Å². The second-order valence-corrected chi connectivity index (χ2v) is 9.13. The van der Waals surface area contributed by atoms with E-state index >= 15 is 0 Å². The van der Waals surface area contributed by atoms with Gasteiger partial charge >= 0.3 is 0 Å². The van der Waals surface area contributed by atoms with E-state index in [-0.39, 0.29) is 0 Å². The highest BCUT2D eigenvalue weighted by atomic mass is 35.5. The zero-order valence-electron chi connectivity index (χ0n) is 19.3. The molecule has 0 N–H and O–H groups in total. The van der Waals surface area contributed by atoms with Crippen molar-refractivity contribution in [1.29, 1.82) is 0 Å². The largest absolute Gasteiger partial charge is 0.241 e. The van der Waals surface area contributed by atoms with E-state index in [9.17, 15) is 0 Å². The van der Waals surface area contributed by atoms with Crippen molar-refractivity contribution in [3.8, 4) is 0 Å². The molecule has 0 fully saturated rings. The molecule has 0 amide bonds. The van der Waals surface area contributed by atoms with Gasteiger partial charge in [-0.1, -0.05) is 115 Å². The van der Waals surface area contributed by atoms with Crippen molar-refractivity contribution in [3.05, 3.63) is 27.5 Å². The lowest BCUT2D eigenvalue weighted by atomic mass is 9.98. The lowest BCUT2D eigenvalue weighted by Crippen LogP contribution is -2.00. The summed E-state index contributed by atoms with van der Waals surface area (Å²) in [7, 11) is 0. The van der Waals surface area contributed by atoms with Gasteiger partial charge in [0.2, 0.25) is 0 Å². The van der Waals surface area contributed by atoms with Crippen LogP contribution in [0.3, 0.4) is 0 Å². The van der Waals surface area contributed by atoms with E-state index in [0.717, 1.165) is 17.3 Å². The molecule has 0 spiro atoms. The summed E-state index contributed by atoms with van der Waals surface area (Å²) in [6.07, 6.45) is 23.7. The summed E-state index contributed by atoms with van der Waals surface area (Å²) in [4.78, 5) is 4.49. The molecule has 28 heavy (non-hydrogen) atoms. The summed E-state index contributed by atoms with van der Waals surface area (Å²) >= 11 is 6.37. The van der Waals surface area contributed by atoms with Crippen LogP contribution in [0, 0.1) is 20.8 Å². The minimum atomic E-state index is 0.724. The van der Waals surface area contributed by atoms with Crippen molar-refractivity contribution >= 4 is 11.6 Å². The fourth-order valence-electron chi connectivity index (χ4n) is 4.09. The molecule has 1 aromatic rings. The number of aromatic nitrogens is 1. The maximum absolute atomic E-state index is 6.37. The molecule has 1 aromatic heterocycles. The summed E-state index contributed by atoms with van der Waals surface area (Å²) in [5.74, 6) is 0. The number of unbranched alkanes of at least 4 members (excludes halogenated alkanes) is 15. The number of rotatable bonds is 17. The zero-order valence-corrected chi connectivity index (χ0v) is 20.1. The topological polar surface area (TPSA) is 12.9 Å². The molecule has 0 aliphatic rings. The predicted molar refractivity (Wildman–Crippen MR) is 127 cm³/mol. The van der Waals surface area contributed by atoms with E-state index in [0.29, 0.717) is 0 Å². The van der Waals surface area contributed by atoms with Crippen molar-refractivity contribution in [1.82, 2.24) is 4.98 Å². The molecule has 1 nitrogen and oxygen atoms in total. The average Bonchev–Trinajstić information content (AvgIpc) is 2.68. The first-order chi connectivity index (χ1) is 13.6. The number of hydrogen-bond acceptors (Lipinski definition) is 1. The standard InChI is InChI=1S/C26H46ClN/c1-5-6-7-8-9-10-11-12-13-14-15-16-17-18-19-20-21-25-23(3)22(2)24(4)28-26(25)27/h5-21H2,1-4H3. The highest BCUT2D eigenvalue weighted by molar-refractivity contribution is 6.30. The Bertz CT molecular complexity index is 524. The van der Waals surface area contributed by atoms with Crippen molar-refractivity contribution in [2.24, 2.45) is 0 Å². The normalized spacial score (nSPS) is 11.3. The third-order valence-electron chi connectivity index (χ3n) is 6.35. The molecule has 0 aromatic carbocycles. The van der Waals surface area contributed by atoms with Crippen LogP contribution >= 0.6 is 11.6 Å². The molecule has 0 aliphatic heterocycles. The van der Waals surface area contributed by atoms with Gasteiger partial charge in [0.15, 0.2) is 0 Å². The molecule has 0 aliphatic carbocycles. The molecule has 0 unspecified atom stereocenters. The SMILES string of the molecule is CCCCCCCCCCCCCCCCCCc1c(Cl)nc(C)c(C)c1C. The van der Waals surface area contributed by atoms with Crippen LogP contribution in [0.1, 0.15) is 132 Å². The molecular weight excluding hydrogens is 362 g/mol. The molecule has 1 rings (SSSR count). The number of halogens is 1. The number of nitrogens with zero attached hydrogens (tertiary/aromatic N) is 1. The fourth-order valence-corrected chi connectivity index (χ4v) is 4.45. The third-order valence-corrected chi connectivity index (χ3v) is 6.67. The highest BCUT2D eigenvalue weighted by Gasteiger charge is 2.10. The second kappa shape index (κ2) is 16.3. The van der Waals surface area contributed by atoms with Crippen molar-refractivity contribution < 1.29 is 0 Å². The van der Waals surface area contributed by atoms with Gasteiger partial charge in [0.1, 0.15) is 5.15 Å². The minimum Gasteiger partial charge on any atom is -0.241 e. The van der Waals surface area contributed by atoms with Crippen molar-refractivity contribution in [3.63, 3.8) is 0 Å². The molecule has 162 valence electrons. The van der Waals surface area contributed by atoms with Crippen LogP contribution in [-0.2, 0) is 6.42 Å². The van der Waals surface area contributed by atoms with E-state index < -0.39 is 0 Å². The Labute approximate surface area is 181 Å². The number of aryl methyl sites for hydroxylation is 1. The van der Waals surface area contributed by atoms with E-state index in [4.69, 9.17) is 11.6 Å². The smallest absolute Gasteiger partial charge is 0.132 e. The Kier molecular flexibility index (Phi) is 14.8. The number of pyridine rings is 1. The van der Waals surface area contributed by atoms with Crippen LogP contribution in [0.2, 0.25) is 5.15 Å². The van der Waals surface area contributed by atoms with Crippen LogP contribution in [-0.4, -0.2) is 4.98 Å². The van der Waals surface area contributed by atoms with E-state index in [1.54, 1.807) is 0 Å². The van der Waals surface area contributed by atoms with Crippen molar-refractivity contribution in [2.75, 3.05) is 0 Å². The maximum atomic E-state index is 6.37. The van der Waals surface area contributed by atoms with Crippen LogP contribution in [0.5, 0.6) is 0 Å². The first-order valence-corrected chi connectivity index (χ1v) is 12.6. The van der Waals surface area contributed by atoms with Gasteiger partial charge in [-0.15, -0.1) is 0 Å². The van der Waals surface area contributed by atoms with Gasteiger partial charge in [-0.3, -0.25) is 0 Å². The van der Waals surface area contributed by atoms with Crippen LogP contribution in [0.25, 0.3) is 0 Å². The van der Waals surface area contributed by atoms with Gasteiger partial charge in [0.25, 0.3) is 0 Å². The van der Waals surface area contributed by atoms with Gasteiger partial charge < -0.3 is 0 Å². The van der Waals surface area contributed by atoms with E-state index in [2.05, 4.69) is 25.8 Å². The first-order valence-electron chi connectivity index (χ1n) is 12.2. The number of hydrogen-bond donors (Lipinski definition) is 0. The van der Waals surface area contributed by atoms with Gasteiger partial charge in [-0.25, -0.2) is 4.98 Å². The van der Waals surface area contributed by atoms with Crippen LogP contribution in [0.15, 0.2) is 0 Å².